The van der Waals surface area contributed by atoms with Crippen LogP contribution in [0.25, 0.3) is 0 Å². The van der Waals surface area contributed by atoms with Gasteiger partial charge in [-0.1, -0.05) is 6.92 Å². The Hall–Kier alpha value is -2.42. The highest BCUT2D eigenvalue weighted by Crippen LogP contribution is 2.22. The lowest BCUT2D eigenvalue weighted by molar-refractivity contribution is -0.120. The van der Waals surface area contributed by atoms with Gasteiger partial charge in [-0.3, -0.25) is 14.4 Å². The van der Waals surface area contributed by atoms with Crippen LogP contribution in [0.15, 0.2) is 11.4 Å². The summed E-state index contributed by atoms with van der Waals surface area (Å²) in [5, 5.41) is 12.6. The first-order valence-electron chi connectivity index (χ1n) is 8.70. The van der Waals surface area contributed by atoms with Crippen molar-refractivity contribution in [3.63, 3.8) is 0 Å². The van der Waals surface area contributed by atoms with Crippen LogP contribution in [0.4, 0.5) is 9.93 Å². The molecule has 2 N–H and O–H groups in total. The number of aryl methyl sites for hydroxylation is 2. The molecule has 1 aliphatic heterocycles. The zero-order valence-corrected chi connectivity index (χ0v) is 16.1. The number of amides is 3. The minimum absolute atomic E-state index is 0.0621. The van der Waals surface area contributed by atoms with E-state index in [9.17, 15) is 9.59 Å². The molecular formula is C17H24N6O2S. The predicted octanol–water partition coefficient (Wildman–Crippen LogP) is 1.48. The quantitative estimate of drug-likeness (QED) is 0.766. The fraction of sp³-hybridized carbons (Fsp3) is 0.529. The third kappa shape index (κ3) is 4.40. The lowest BCUT2D eigenvalue weighted by Crippen LogP contribution is -2.31. The zero-order valence-electron chi connectivity index (χ0n) is 15.3. The minimum Gasteiger partial charge on any atom is -0.355 e. The number of hydrogen-bond acceptors (Lipinski definition) is 5. The van der Waals surface area contributed by atoms with Gasteiger partial charge in [-0.05, 0) is 25.8 Å². The van der Waals surface area contributed by atoms with Gasteiger partial charge in [0.15, 0.2) is 5.13 Å². The van der Waals surface area contributed by atoms with E-state index >= 15 is 0 Å². The lowest BCUT2D eigenvalue weighted by atomic mass is 10.1. The summed E-state index contributed by atoms with van der Waals surface area (Å²) in [4.78, 5) is 29.8. The van der Waals surface area contributed by atoms with E-state index in [1.54, 1.807) is 4.90 Å². The van der Waals surface area contributed by atoms with Crippen molar-refractivity contribution >= 4 is 28.4 Å². The molecule has 0 aromatic carbocycles. The molecule has 1 atom stereocenters. The zero-order chi connectivity index (χ0) is 18.7. The summed E-state index contributed by atoms with van der Waals surface area (Å²) >= 11 is 1.39. The number of anilines is 1. The van der Waals surface area contributed by atoms with Crippen LogP contribution in [0, 0.1) is 19.8 Å². The SMILES string of the molecule is Cc1cc(C)n(CC(C)CNC(=O)Cc2csc(N3CCNC3=O)n2)n1. The average Bonchev–Trinajstić information content (AvgIpc) is 3.27. The maximum absolute atomic E-state index is 12.2. The average molecular weight is 376 g/mol. The fourth-order valence-corrected chi connectivity index (χ4v) is 3.74. The van der Waals surface area contributed by atoms with Gasteiger partial charge in [0.25, 0.3) is 0 Å². The van der Waals surface area contributed by atoms with Crippen molar-refractivity contribution in [1.82, 2.24) is 25.4 Å². The van der Waals surface area contributed by atoms with Gasteiger partial charge in [-0.15, -0.1) is 11.3 Å². The summed E-state index contributed by atoms with van der Waals surface area (Å²) in [6, 6.07) is 1.92. The number of aromatic nitrogens is 3. The number of hydrogen-bond donors (Lipinski definition) is 2. The summed E-state index contributed by atoms with van der Waals surface area (Å²) in [6.07, 6.45) is 0.221. The number of urea groups is 1. The van der Waals surface area contributed by atoms with Crippen LogP contribution in [0.2, 0.25) is 0 Å². The number of carbonyl (C=O) groups excluding carboxylic acids is 2. The van der Waals surface area contributed by atoms with Crippen molar-refractivity contribution in [3.8, 4) is 0 Å². The Morgan fingerprint density at radius 3 is 2.92 bits per heavy atom. The van der Waals surface area contributed by atoms with Gasteiger partial charge in [0.2, 0.25) is 5.91 Å². The number of thiazole rings is 1. The van der Waals surface area contributed by atoms with Crippen LogP contribution in [0.1, 0.15) is 24.0 Å². The van der Waals surface area contributed by atoms with Crippen LogP contribution in [-0.2, 0) is 17.8 Å². The molecule has 26 heavy (non-hydrogen) atoms. The van der Waals surface area contributed by atoms with Crippen LogP contribution < -0.4 is 15.5 Å². The van der Waals surface area contributed by atoms with Gasteiger partial charge >= 0.3 is 6.03 Å². The molecule has 1 fully saturated rings. The molecule has 0 spiro atoms. The molecule has 1 unspecified atom stereocenters. The van der Waals surface area contributed by atoms with Gasteiger partial charge in [0.05, 0.1) is 17.8 Å². The van der Waals surface area contributed by atoms with Gasteiger partial charge < -0.3 is 10.6 Å². The Kier molecular flexibility index (Phi) is 5.55. The first-order chi connectivity index (χ1) is 12.4. The Morgan fingerprint density at radius 1 is 1.46 bits per heavy atom. The first-order valence-corrected chi connectivity index (χ1v) is 9.58. The van der Waals surface area contributed by atoms with Crippen LogP contribution in [-0.4, -0.2) is 46.3 Å². The maximum atomic E-state index is 12.2. The molecule has 3 heterocycles. The van der Waals surface area contributed by atoms with Crippen LogP contribution >= 0.6 is 11.3 Å². The Labute approximate surface area is 156 Å². The highest BCUT2D eigenvalue weighted by molar-refractivity contribution is 7.14. The molecule has 1 saturated heterocycles. The van der Waals surface area contributed by atoms with E-state index in [4.69, 9.17) is 0 Å². The van der Waals surface area contributed by atoms with Crippen molar-refractivity contribution in [1.29, 1.82) is 0 Å². The summed E-state index contributed by atoms with van der Waals surface area (Å²) in [6.45, 7) is 8.69. The molecule has 1 aliphatic rings. The van der Waals surface area contributed by atoms with E-state index in [1.807, 2.05) is 30.0 Å². The van der Waals surface area contributed by atoms with E-state index in [-0.39, 0.29) is 24.3 Å². The predicted molar refractivity (Wildman–Crippen MR) is 100 cm³/mol. The summed E-state index contributed by atoms with van der Waals surface area (Å²) in [7, 11) is 0. The molecular weight excluding hydrogens is 352 g/mol. The standard InChI is InChI=1S/C17H24N6O2S/c1-11(9-23-13(3)6-12(2)21-23)8-19-15(24)7-14-10-26-17(20-14)22-5-4-18-16(22)25/h6,10-11H,4-5,7-9H2,1-3H3,(H,18,25)(H,19,24). The normalized spacial score (nSPS) is 15.2. The lowest BCUT2D eigenvalue weighted by Gasteiger charge is -2.14. The van der Waals surface area contributed by atoms with Gasteiger partial charge in [0.1, 0.15) is 0 Å². The minimum atomic E-state index is -0.131. The highest BCUT2D eigenvalue weighted by atomic mass is 32.1. The van der Waals surface area contributed by atoms with Crippen molar-refractivity contribution in [3.05, 3.63) is 28.5 Å². The molecule has 8 nitrogen and oxygen atoms in total. The second kappa shape index (κ2) is 7.86. The Morgan fingerprint density at radius 2 is 2.27 bits per heavy atom. The number of carbonyl (C=O) groups is 2. The summed E-state index contributed by atoms with van der Waals surface area (Å²) in [5.74, 6) is 0.212. The van der Waals surface area contributed by atoms with Crippen LogP contribution in [0.3, 0.4) is 0 Å². The number of nitrogens with zero attached hydrogens (tertiary/aromatic N) is 4. The second-order valence-corrected chi connectivity index (χ2v) is 7.54. The second-order valence-electron chi connectivity index (χ2n) is 6.70. The topological polar surface area (TPSA) is 92.2 Å². The molecule has 3 amide bonds. The first kappa shape index (κ1) is 18.4. The van der Waals surface area contributed by atoms with Gasteiger partial charge in [0, 0.05) is 37.3 Å². The highest BCUT2D eigenvalue weighted by Gasteiger charge is 2.24. The van der Waals surface area contributed by atoms with E-state index in [2.05, 4.69) is 27.6 Å². The molecule has 0 bridgehead atoms. The smallest absolute Gasteiger partial charge is 0.323 e. The van der Waals surface area contributed by atoms with Gasteiger partial charge in [-0.25, -0.2) is 9.78 Å². The molecule has 140 valence electrons. The molecule has 0 radical (unpaired) electrons. The molecule has 2 aromatic heterocycles. The van der Waals surface area contributed by atoms with Crippen molar-refractivity contribution in [2.75, 3.05) is 24.5 Å². The summed E-state index contributed by atoms with van der Waals surface area (Å²) in [5.41, 5.74) is 2.82. The summed E-state index contributed by atoms with van der Waals surface area (Å²) < 4.78 is 1.97. The number of rotatable bonds is 7. The Bertz CT molecular complexity index is 799. The molecule has 3 rings (SSSR count). The molecule has 9 heteroatoms. The van der Waals surface area contributed by atoms with E-state index in [1.165, 1.54) is 11.3 Å². The van der Waals surface area contributed by atoms with Crippen molar-refractivity contribution < 1.29 is 9.59 Å². The van der Waals surface area contributed by atoms with Crippen molar-refractivity contribution in [2.24, 2.45) is 5.92 Å². The van der Waals surface area contributed by atoms with Crippen molar-refractivity contribution in [2.45, 2.75) is 33.7 Å². The van der Waals surface area contributed by atoms with Gasteiger partial charge in [-0.2, -0.15) is 5.10 Å². The maximum Gasteiger partial charge on any atom is 0.323 e. The van der Waals surface area contributed by atoms with Crippen LogP contribution in [0.5, 0.6) is 0 Å². The fourth-order valence-electron chi connectivity index (χ4n) is 2.89. The third-order valence-electron chi connectivity index (χ3n) is 4.20. The monoisotopic (exact) mass is 376 g/mol. The molecule has 0 saturated carbocycles. The Balaban J connectivity index is 1.46. The van der Waals surface area contributed by atoms with E-state index in [0.717, 1.165) is 17.9 Å². The number of nitrogens with one attached hydrogen (secondary N) is 2. The molecule has 2 aromatic rings. The molecule has 0 aliphatic carbocycles. The largest absolute Gasteiger partial charge is 0.355 e. The third-order valence-corrected chi connectivity index (χ3v) is 5.12. The van der Waals surface area contributed by atoms with E-state index < -0.39 is 0 Å². The van der Waals surface area contributed by atoms with E-state index in [0.29, 0.717) is 30.5 Å².